The van der Waals surface area contributed by atoms with Gasteiger partial charge in [0.15, 0.2) is 0 Å². The van der Waals surface area contributed by atoms with Gasteiger partial charge < -0.3 is 20.0 Å². The molecule has 2 amide bonds. The molecule has 1 N–H and O–H groups in total. The number of carbonyl (C=O) groups excluding carboxylic acids is 1. The zero-order chi connectivity index (χ0) is 16.1. The van der Waals surface area contributed by atoms with Gasteiger partial charge in [-0.15, -0.1) is 0 Å². The van der Waals surface area contributed by atoms with Crippen molar-refractivity contribution in [1.82, 2.24) is 15.1 Å². The predicted molar refractivity (Wildman–Crippen MR) is 93.9 cm³/mol. The van der Waals surface area contributed by atoms with E-state index in [9.17, 15) is 4.79 Å². The molecular formula is C18H28N4O. The number of hydrogen-bond donors (Lipinski definition) is 1. The summed E-state index contributed by atoms with van der Waals surface area (Å²) >= 11 is 0. The second-order valence-electron chi connectivity index (χ2n) is 6.56. The number of nitrogens with one attached hydrogen (secondary N) is 1. The number of carbonyl (C=O) groups is 1. The summed E-state index contributed by atoms with van der Waals surface area (Å²) in [5.74, 6) is 0. The number of para-hydroxylation sites is 1. The molecule has 1 unspecified atom stereocenters. The molecule has 0 aromatic heterocycles. The largest absolute Gasteiger partial charge is 0.369 e. The van der Waals surface area contributed by atoms with E-state index in [-0.39, 0.29) is 6.03 Å². The van der Waals surface area contributed by atoms with Crippen LogP contribution in [0.5, 0.6) is 0 Å². The first-order valence-electron chi connectivity index (χ1n) is 8.78. The molecule has 0 radical (unpaired) electrons. The third-order valence-corrected chi connectivity index (χ3v) is 4.98. The molecule has 0 spiro atoms. The van der Waals surface area contributed by atoms with Crippen molar-refractivity contribution in [2.75, 3.05) is 51.2 Å². The quantitative estimate of drug-likeness (QED) is 0.907. The topological polar surface area (TPSA) is 38.8 Å². The standard InChI is InChI=1S/C18H28N4O/c1-20(18(23)21-13-6-10-19-11-14-21)17-9-5-12-22(15-17)16-7-3-2-4-8-16/h2-4,7-8,17,19H,5-6,9-15H2,1H3. The molecule has 2 heterocycles. The van der Waals surface area contributed by atoms with E-state index in [1.54, 1.807) is 0 Å². The Morgan fingerprint density at radius 1 is 1.13 bits per heavy atom. The summed E-state index contributed by atoms with van der Waals surface area (Å²) in [5, 5.41) is 3.36. The van der Waals surface area contributed by atoms with Gasteiger partial charge in [-0.25, -0.2) is 4.79 Å². The molecule has 126 valence electrons. The zero-order valence-electron chi connectivity index (χ0n) is 14.1. The highest BCUT2D eigenvalue weighted by Crippen LogP contribution is 2.22. The fourth-order valence-corrected chi connectivity index (χ4v) is 3.56. The Morgan fingerprint density at radius 2 is 1.96 bits per heavy atom. The first-order chi connectivity index (χ1) is 11.3. The number of hydrogen-bond acceptors (Lipinski definition) is 3. The maximum absolute atomic E-state index is 12.8. The second-order valence-corrected chi connectivity index (χ2v) is 6.56. The Hall–Kier alpha value is -1.75. The number of piperidine rings is 1. The van der Waals surface area contributed by atoms with Gasteiger partial charge in [0, 0.05) is 45.5 Å². The summed E-state index contributed by atoms with van der Waals surface area (Å²) in [6, 6.07) is 11.0. The van der Waals surface area contributed by atoms with Crippen molar-refractivity contribution in [3.05, 3.63) is 30.3 Å². The van der Waals surface area contributed by atoms with E-state index in [4.69, 9.17) is 0 Å². The van der Waals surface area contributed by atoms with E-state index in [1.165, 1.54) is 5.69 Å². The van der Waals surface area contributed by atoms with Gasteiger partial charge in [-0.05, 0) is 37.9 Å². The molecule has 1 aromatic rings. The van der Waals surface area contributed by atoms with Gasteiger partial charge in [-0.2, -0.15) is 0 Å². The lowest BCUT2D eigenvalue weighted by Gasteiger charge is -2.40. The monoisotopic (exact) mass is 316 g/mol. The van der Waals surface area contributed by atoms with Gasteiger partial charge in [-0.3, -0.25) is 0 Å². The van der Waals surface area contributed by atoms with E-state index in [0.29, 0.717) is 6.04 Å². The maximum atomic E-state index is 12.8. The highest BCUT2D eigenvalue weighted by atomic mass is 16.2. The van der Waals surface area contributed by atoms with Crippen molar-refractivity contribution >= 4 is 11.7 Å². The van der Waals surface area contributed by atoms with Crippen LogP contribution in [0.4, 0.5) is 10.5 Å². The average molecular weight is 316 g/mol. The van der Waals surface area contributed by atoms with E-state index < -0.39 is 0 Å². The van der Waals surface area contributed by atoms with Gasteiger partial charge >= 0.3 is 6.03 Å². The predicted octanol–water partition coefficient (Wildman–Crippen LogP) is 2.00. The van der Waals surface area contributed by atoms with Crippen molar-refractivity contribution in [3.63, 3.8) is 0 Å². The van der Waals surface area contributed by atoms with Gasteiger partial charge in [0.2, 0.25) is 0 Å². The fraction of sp³-hybridized carbons (Fsp3) is 0.611. The molecule has 23 heavy (non-hydrogen) atoms. The second kappa shape index (κ2) is 7.68. The van der Waals surface area contributed by atoms with Crippen molar-refractivity contribution in [2.24, 2.45) is 0 Å². The lowest BCUT2D eigenvalue weighted by molar-refractivity contribution is 0.143. The van der Waals surface area contributed by atoms with Crippen LogP contribution in [0, 0.1) is 0 Å². The summed E-state index contributed by atoms with van der Waals surface area (Å²) in [5.41, 5.74) is 1.26. The van der Waals surface area contributed by atoms with Crippen LogP contribution in [-0.4, -0.2) is 68.2 Å². The number of benzene rings is 1. The fourth-order valence-electron chi connectivity index (χ4n) is 3.56. The molecule has 3 rings (SSSR count). The molecule has 2 fully saturated rings. The van der Waals surface area contributed by atoms with Crippen LogP contribution < -0.4 is 10.2 Å². The molecule has 2 aliphatic heterocycles. The molecule has 5 nitrogen and oxygen atoms in total. The third-order valence-electron chi connectivity index (χ3n) is 4.98. The number of anilines is 1. The van der Waals surface area contributed by atoms with Gasteiger partial charge in [0.1, 0.15) is 0 Å². The van der Waals surface area contributed by atoms with Gasteiger partial charge in [-0.1, -0.05) is 18.2 Å². The van der Waals surface area contributed by atoms with E-state index in [0.717, 1.165) is 58.5 Å². The molecule has 2 aliphatic rings. The summed E-state index contributed by atoms with van der Waals surface area (Å²) in [4.78, 5) is 19.2. The van der Waals surface area contributed by atoms with Crippen LogP contribution in [0.15, 0.2) is 30.3 Å². The molecule has 0 bridgehead atoms. The molecule has 5 heteroatoms. The Morgan fingerprint density at radius 3 is 2.78 bits per heavy atom. The highest BCUT2D eigenvalue weighted by molar-refractivity contribution is 5.74. The lowest BCUT2D eigenvalue weighted by atomic mass is 10.0. The molecule has 0 aliphatic carbocycles. The molecule has 0 saturated carbocycles. The van der Waals surface area contributed by atoms with E-state index >= 15 is 0 Å². The average Bonchev–Trinajstić information content (AvgIpc) is 2.91. The number of amides is 2. The number of urea groups is 1. The minimum atomic E-state index is 0.189. The summed E-state index contributed by atoms with van der Waals surface area (Å²) < 4.78 is 0. The van der Waals surface area contributed by atoms with Crippen LogP contribution in [0.25, 0.3) is 0 Å². The number of nitrogens with zero attached hydrogens (tertiary/aromatic N) is 3. The van der Waals surface area contributed by atoms with Gasteiger partial charge in [0.25, 0.3) is 0 Å². The van der Waals surface area contributed by atoms with Crippen LogP contribution in [0.2, 0.25) is 0 Å². The van der Waals surface area contributed by atoms with Crippen molar-refractivity contribution in [1.29, 1.82) is 0 Å². The Labute approximate surface area is 139 Å². The van der Waals surface area contributed by atoms with Crippen LogP contribution >= 0.6 is 0 Å². The molecule has 1 aromatic carbocycles. The minimum absolute atomic E-state index is 0.189. The smallest absolute Gasteiger partial charge is 0.320 e. The van der Waals surface area contributed by atoms with Gasteiger partial charge in [0.05, 0.1) is 6.04 Å². The first kappa shape index (κ1) is 16.1. The van der Waals surface area contributed by atoms with Crippen LogP contribution in [0.3, 0.4) is 0 Å². The lowest BCUT2D eigenvalue weighted by Crippen LogP contribution is -2.53. The maximum Gasteiger partial charge on any atom is 0.320 e. The minimum Gasteiger partial charge on any atom is -0.369 e. The van der Waals surface area contributed by atoms with Crippen LogP contribution in [0.1, 0.15) is 19.3 Å². The molecule has 1 atom stereocenters. The van der Waals surface area contributed by atoms with E-state index in [2.05, 4.69) is 34.5 Å². The van der Waals surface area contributed by atoms with E-state index in [1.807, 2.05) is 22.9 Å². The number of rotatable bonds is 2. The zero-order valence-corrected chi connectivity index (χ0v) is 14.1. The Balaban J connectivity index is 1.62. The van der Waals surface area contributed by atoms with Crippen molar-refractivity contribution in [3.8, 4) is 0 Å². The summed E-state index contributed by atoms with van der Waals surface area (Å²) in [7, 11) is 1.97. The SMILES string of the molecule is CN(C(=O)N1CCCNCC1)C1CCCN(c2ccccc2)C1. The Bertz CT molecular complexity index is 499. The van der Waals surface area contributed by atoms with Crippen LogP contribution in [-0.2, 0) is 0 Å². The number of likely N-dealkylation sites (N-methyl/N-ethyl adjacent to an activating group) is 1. The van der Waals surface area contributed by atoms with Crippen molar-refractivity contribution in [2.45, 2.75) is 25.3 Å². The molecule has 2 saturated heterocycles. The molecular weight excluding hydrogens is 288 g/mol. The summed E-state index contributed by atoms with van der Waals surface area (Å²) in [6.07, 6.45) is 3.27. The van der Waals surface area contributed by atoms with Crippen molar-refractivity contribution < 1.29 is 4.79 Å². The first-order valence-corrected chi connectivity index (χ1v) is 8.78. The third kappa shape index (κ3) is 3.96. The summed E-state index contributed by atoms with van der Waals surface area (Å²) in [6.45, 7) is 5.61. The normalized spacial score (nSPS) is 22.6. The highest BCUT2D eigenvalue weighted by Gasteiger charge is 2.29. The Kier molecular flexibility index (Phi) is 5.39.